The number of aliphatic carboxylic acids is 2. The first kappa shape index (κ1) is 14.6. The summed E-state index contributed by atoms with van der Waals surface area (Å²) in [6, 6.07) is -1.16. The highest BCUT2D eigenvalue weighted by Crippen LogP contribution is 2.03. The lowest BCUT2D eigenvalue weighted by molar-refractivity contribution is -0.140. The molecular formula is C10H14N4O5. The van der Waals surface area contributed by atoms with Gasteiger partial charge in [0, 0.05) is 6.42 Å². The Hall–Kier alpha value is -2.45. The Labute approximate surface area is 108 Å². The molecule has 0 aromatic carbocycles. The Balaban J connectivity index is 2.55. The Morgan fingerprint density at radius 1 is 1.37 bits per heavy atom. The number of amides is 1. The number of aromatic amines is 1. The lowest BCUT2D eigenvalue weighted by atomic mass is 10.1. The van der Waals surface area contributed by atoms with Crippen LogP contribution in [0.15, 0.2) is 0 Å². The van der Waals surface area contributed by atoms with Crippen LogP contribution in [0.3, 0.4) is 0 Å². The molecule has 1 aromatic rings. The number of carbonyl (C=O) groups excluding carboxylic acids is 1. The van der Waals surface area contributed by atoms with Crippen LogP contribution in [0.2, 0.25) is 0 Å². The Bertz CT molecular complexity index is 484. The summed E-state index contributed by atoms with van der Waals surface area (Å²) in [7, 11) is 0. The van der Waals surface area contributed by atoms with Gasteiger partial charge in [-0.25, -0.2) is 9.78 Å². The first-order chi connectivity index (χ1) is 8.90. The summed E-state index contributed by atoms with van der Waals surface area (Å²) in [5.74, 6) is -2.68. The Morgan fingerprint density at radius 2 is 2.05 bits per heavy atom. The number of carboxylic acids is 2. The predicted molar refractivity (Wildman–Crippen MR) is 61.5 cm³/mol. The number of rotatable bonds is 7. The Kier molecular flexibility index (Phi) is 4.98. The van der Waals surface area contributed by atoms with E-state index in [4.69, 9.17) is 10.2 Å². The molecule has 1 atom stereocenters. The predicted octanol–water partition coefficient (Wildman–Crippen LogP) is -0.449. The molecule has 0 spiro atoms. The van der Waals surface area contributed by atoms with Gasteiger partial charge in [0.25, 0.3) is 5.91 Å². The van der Waals surface area contributed by atoms with Gasteiger partial charge >= 0.3 is 11.9 Å². The molecular weight excluding hydrogens is 256 g/mol. The van der Waals surface area contributed by atoms with E-state index < -0.39 is 23.9 Å². The molecule has 0 saturated heterocycles. The highest BCUT2D eigenvalue weighted by Gasteiger charge is 2.22. The molecule has 1 rings (SSSR count). The molecule has 0 radical (unpaired) electrons. The zero-order chi connectivity index (χ0) is 14.4. The molecule has 1 amide bonds. The van der Waals surface area contributed by atoms with Crippen LogP contribution in [0, 0.1) is 6.92 Å². The highest BCUT2D eigenvalue weighted by atomic mass is 16.4. The molecule has 104 valence electrons. The van der Waals surface area contributed by atoms with Crippen molar-refractivity contribution in [1.82, 2.24) is 20.5 Å². The van der Waals surface area contributed by atoms with Crippen molar-refractivity contribution in [2.75, 3.05) is 0 Å². The van der Waals surface area contributed by atoms with Gasteiger partial charge < -0.3 is 15.5 Å². The molecule has 0 fully saturated rings. The molecule has 0 bridgehead atoms. The number of H-pyrrole nitrogens is 1. The van der Waals surface area contributed by atoms with Crippen LogP contribution in [0.4, 0.5) is 0 Å². The fourth-order valence-corrected chi connectivity index (χ4v) is 1.38. The van der Waals surface area contributed by atoms with Crippen LogP contribution >= 0.6 is 0 Å². The number of aryl methyl sites for hydroxylation is 1. The molecule has 0 saturated carbocycles. The van der Waals surface area contributed by atoms with Crippen LogP contribution in [0.25, 0.3) is 0 Å². The standard InChI is InChI=1S/C10H14N4O5/c1-5-11-8(14-13-5)9(17)12-6(10(18)19)3-2-4-7(15)16/h6H,2-4H2,1H3,(H,12,17)(H,15,16)(H,18,19)(H,11,13,14)/t6-/m1/s1. The summed E-state index contributed by atoms with van der Waals surface area (Å²) < 4.78 is 0. The zero-order valence-electron chi connectivity index (χ0n) is 10.2. The van der Waals surface area contributed by atoms with Crippen molar-refractivity contribution in [2.24, 2.45) is 0 Å². The second kappa shape index (κ2) is 6.47. The van der Waals surface area contributed by atoms with Gasteiger partial charge in [-0.05, 0) is 19.8 Å². The van der Waals surface area contributed by atoms with E-state index in [1.165, 1.54) is 0 Å². The second-order valence-electron chi connectivity index (χ2n) is 3.89. The van der Waals surface area contributed by atoms with Gasteiger partial charge in [-0.15, -0.1) is 5.10 Å². The van der Waals surface area contributed by atoms with Crippen molar-refractivity contribution < 1.29 is 24.6 Å². The third-order valence-electron chi connectivity index (χ3n) is 2.29. The summed E-state index contributed by atoms with van der Waals surface area (Å²) >= 11 is 0. The number of hydrogen-bond acceptors (Lipinski definition) is 5. The fourth-order valence-electron chi connectivity index (χ4n) is 1.38. The first-order valence-corrected chi connectivity index (χ1v) is 5.54. The number of aromatic nitrogens is 3. The lowest BCUT2D eigenvalue weighted by Gasteiger charge is -2.12. The van der Waals surface area contributed by atoms with E-state index in [2.05, 4.69) is 20.5 Å². The van der Waals surface area contributed by atoms with Crippen molar-refractivity contribution >= 4 is 17.8 Å². The number of nitrogens with zero attached hydrogens (tertiary/aromatic N) is 2. The van der Waals surface area contributed by atoms with Gasteiger partial charge in [-0.3, -0.25) is 14.7 Å². The van der Waals surface area contributed by atoms with Crippen molar-refractivity contribution in [3.63, 3.8) is 0 Å². The molecule has 0 unspecified atom stereocenters. The van der Waals surface area contributed by atoms with Gasteiger partial charge in [-0.2, -0.15) is 0 Å². The van der Waals surface area contributed by atoms with Gasteiger partial charge in [0.05, 0.1) is 0 Å². The SMILES string of the molecule is Cc1nc(C(=O)N[C@H](CCCC(=O)O)C(=O)O)n[nH]1. The van der Waals surface area contributed by atoms with Crippen LogP contribution in [0.5, 0.6) is 0 Å². The van der Waals surface area contributed by atoms with Gasteiger partial charge in [0.2, 0.25) is 5.82 Å². The number of hydrogen-bond donors (Lipinski definition) is 4. The van der Waals surface area contributed by atoms with E-state index in [-0.39, 0.29) is 25.1 Å². The van der Waals surface area contributed by atoms with E-state index in [9.17, 15) is 14.4 Å². The first-order valence-electron chi connectivity index (χ1n) is 5.54. The van der Waals surface area contributed by atoms with Crippen LogP contribution in [-0.2, 0) is 9.59 Å². The monoisotopic (exact) mass is 270 g/mol. The minimum atomic E-state index is -1.23. The smallest absolute Gasteiger partial charge is 0.326 e. The van der Waals surface area contributed by atoms with Gasteiger partial charge in [0.15, 0.2) is 0 Å². The highest BCUT2D eigenvalue weighted by molar-refractivity contribution is 5.93. The lowest BCUT2D eigenvalue weighted by Crippen LogP contribution is -2.41. The molecule has 19 heavy (non-hydrogen) atoms. The van der Waals surface area contributed by atoms with Crippen LogP contribution < -0.4 is 5.32 Å². The maximum absolute atomic E-state index is 11.6. The van der Waals surface area contributed by atoms with Crippen molar-refractivity contribution in [2.45, 2.75) is 32.2 Å². The average Bonchev–Trinajstić information content (AvgIpc) is 2.73. The summed E-state index contributed by atoms with van der Waals surface area (Å²) in [5.41, 5.74) is 0. The Morgan fingerprint density at radius 3 is 2.53 bits per heavy atom. The fraction of sp³-hybridized carbons (Fsp3) is 0.500. The van der Waals surface area contributed by atoms with E-state index in [0.29, 0.717) is 5.82 Å². The number of nitrogens with one attached hydrogen (secondary N) is 2. The van der Waals surface area contributed by atoms with Crippen LogP contribution in [0.1, 0.15) is 35.7 Å². The van der Waals surface area contributed by atoms with Crippen molar-refractivity contribution in [1.29, 1.82) is 0 Å². The van der Waals surface area contributed by atoms with E-state index >= 15 is 0 Å². The minimum Gasteiger partial charge on any atom is -0.481 e. The molecule has 0 aliphatic rings. The van der Waals surface area contributed by atoms with Crippen LogP contribution in [-0.4, -0.2) is 49.3 Å². The zero-order valence-corrected chi connectivity index (χ0v) is 10.2. The molecule has 1 aromatic heterocycles. The molecule has 0 aliphatic heterocycles. The van der Waals surface area contributed by atoms with E-state index in [1.54, 1.807) is 6.92 Å². The largest absolute Gasteiger partial charge is 0.481 e. The quantitative estimate of drug-likeness (QED) is 0.525. The van der Waals surface area contributed by atoms with Gasteiger partial charge in [0.1, 0.15) is 11.9 Å². The van der Waals surface area contributed by atoms with E-state index in [1.807, 2.05) is 0 Å². The molecule has 9 heteroatoms. The normalized spacial score (nSPS) is 11.8. The van der Waals surface area contributed by atoms with Gasteiger partial charge in [-0.1, -0.05) is 0 Å². The summed E-state index contributed by atoms with van der Waals surface area (Å²) in [5, 5.41) is 25.7. The average molecular weight is 270 g/mol. The summed E-state index contributed by atoms with van der Waals surface area (Å²) in [4.78, 5) is 36.7. The number of carboxylic acid groups (broad SMARTS) is 2. The van der Waals surface area contributed by atoms with Crippen molar-refractivity contribution in [3.05, 3.63) is 11.6 Å². The second-order valence-corrected chi connectivity index (χ2v) is 3.89. The third-order valence-corrected chi connectivity index (χ3v) is 2.29. The van der Waals surface area contributed by atoms with E-state index in [0.717, 1.165) is 0 Å². The molecule has 9 nitrogen and oxygen atoms in total. The summed E-state index contributed by atoms with van der Waals surface area (Å²) in [6.07, 6.45) is 0.0236. The van der Waals surface area contributed by atoms with Crippen molar-refractivity contribution in [3.8, 4) is 0 Å². The number of carbonyl (C=O) groups is 3. The summed E-state index contributed by atoms with van der Waals surface area (Å²) in [6.45, 7) is 1.60. The molecule has 1 heterocycles. The maximum Gasteiger partial charge on any atom is 0.326 e. The third kappa shape index (κ3) is 4.74. The molecule has 4 N–H and O–H groups in total. The maximum atomic E-state index is 11.6. The topological polar surface area (TPSA) is 145 Å². The minimum absolute atomic E-state index is 0.0246. The molecule has 0 aliphatic carbocycles.